The van der Waals surface area contributed by atoms with Gasteiger partial charge in [-0.3, -0.25) is 4.79 Å². The first-order valence-corrected chi connectivity index (χ1v) is 8.38. The number of rotatable bonds is 7. The van der Waals surface area contributed by atoms with E-state index in [-0.39, 0.29) is 18.5 Å². The molecule has 2 heterocycles. The van der Waals surface area contributed by atoms with Crippen LogP contribution in [-0.2, 0) is 9.53 Å². The van der Waals surface area contributed by atoms with Crippen LogP contribution in [0.5, 0.6) is 0 Å². The fourth-order valence-electron chi connectivity index (χ4n) is 2.81. The minimum absolute atomic E-state index is 0.0837. The molecule has 0 bridgehead atoms. The molecule has 1 aliphatic rings. The second-order valence-corrected chi connectivity index (χ2v) is 6.06. The number of methoxy groups -OCH3 is 1. The lowest BCUT2D eigenvalue weighted by atomic mass is 10.0. The Labute approximate surface area is 147 Å². The third-order valence-electron chi connectivity index (χ3n) is 4.18. The fourth-order valence-corrected chi connectivity index (χ4v) is 2.81. The highest BCUT2D eigenvalue weighted by molar-refractivity contribution is 6.03. The van der Waals surface area contributed by atoms with E-state index in [0.29, 0.717) is 19.6 Å². The van der Waals surface area contributed by atoms with Crippen molar-refractivity contribution in [3.63, 3.8) is 0 Å². The Hall–Kier alpha value is -2.44. The van der Waals surface area contributed by atoms with E-state index in [4.69, 9.17) is 9.15 Å². The number of hydrogen-bond donors (Lipinski definition) is 1. The van der Waals surface area contributed by atoms with Crippen LogP contribution in [0.1, 0.15) is 29.3 Å². The molecule has 1 unspecified atom stereocenters. The van der Waals surface area contributed by atoms with Crippen LogP contribution < -0.4 is 5.32 Å². The third kappa shape index (κ3) is 4.15. The maximum Gasteiger partial charge on any atom is 0.257 e. The molecule has 132 valence electrons. The van der Waals surface area contributed by atoms with Crippen molar-refractivity contribution in [2.75, 3.05) is 26.8 Å². The number of hydrazone groups is 1. The Morgan fingerprint density at radius 1 is 1.36 bits per heavy atom. The second-order valence-electron chi connectivity index (χ2n) is 6.06. The Morgan fingerprint density at radius 3 is 2.84 bits per heavy atom. The highest BCUT2D eigenvalue weighted by Gasteiger charge is 2.34. The van der Waals surface area contributed by atoms with Crippen molar-refractivity contribution >= 4 is 11.6 Å². The van der Waals surface area contributed by atoms with Crippen LogP contribution >= 0.6 is 0 Å². The van der Waals surface area contributed by atoms with E-state index in [1.165, 1.54) is 10.6 Å². The predicted molar refractivity (Wildman–Crippen MR) is 95.4 cm³/mol. The van der Waals surface area contributed by atoms with E-state index in [1.807, 2.05) is 31.2 Å². The second kappa shape index (κ2) is 8.09. The maximum absolute atomic E-state index is 12.6. The first kappa shape index (κ1) is 17.4. The summed E-state index contributed by atoms with van der Waals surface area (Å²) >= 11 is 0. The molecule has 1 aromatic heterocycles. The molecule has 6 heteroatoms. The van der Waals surface area contributed by atoms with Crippen LogP contribution in [0.4, 0.5) is 0 Å². The number of carbonyl (C=O) groups is 1. The highest BCUT2D eigenvalue weighted by Crippen LogP contribution is 2.32. The van der Waals surface area contributed by atoms with Gasteiger partial charge in [-0.25, -0.2) is 5.01 Å². The smallest absolute Gasteiger partial charge is 0.257 e. The van der Waals surface area contributed by atoms with Gasteiger partial charge >= 0.3 is 0 Å². The summed E-state index contributed by atoms with van der Waals surface area (Å²) in [6.07, 6.45) is 2.26. The van der Waals surface area contributed by atoms with Gasteiger partial charge in [-0.05, 0) is 24.6 Å². The van der Waals surface area contributed by atoms with E-state index in [2.05, 4.69) is 22.6 Å². The summed E-state index contributed by atoms with van der Waals surface area (Å²) in [6, 6.07) is 11.7. The molecule has 0 fully saturated rings. The van der Waals surface area contributed by atoms with Crippen LogP contribution in [0, 0.1) is 6.92 Å². The predicted octanol–water partition coefficient (Wildman–Crippen LogP) is 2.50. The van der Waals surface area contributed by atoms with Gasteiger partial charge in [0.15, 0.2) is 0 Å². The van der Waals surface area contributed by atoms with Crippen LogP contribution in [0.25, 0.3) is 0 Å². The van der Waals surface area contributed by atoms with Gasteiger partial charge in [0.05, 0.1) is 25.1 Å². The zero-order valence-electron chi connectivity index (χ0n) is 14.6. The average Bonchev–Trinajstić information content (AvgIpc) is 3.28. The number of hydrogen-bond acceptors (Lipinski definition) is 5. The van der Waals surface area contributed by atoms with Crippen molar-refractivity contribution in [2.45, 2.75) is 19.4 Å². The number of nitrogens with zero attached hydrogens (tertiary/aromatic N) is 2. The van der Waals surface area contributed by atoms with Crippen molar-refractivity contribution in [3.05, 3.63) is 59.5 Å². The van der Waals surface area contributed by atoms with Crippen molar-refractivity contribution in [2.24, 2.45) is 5.10 Å². The molecule has 0 saturated heterocycles. The lowest BCUT2D eigenvalue weighted by molar-refractivity contribution is -0.132. The van der Waals surface area contributed by atoms with E-state index in [0.717, 1.165) is 17.0 Å². The Bertz CT molecular complexity index is 723. The highest BCUT2D eigenvalue weighted by atomic mass is 16.5. The Morgan fingerprint density at radius 2 is 2.16 bits per heavy atom. The number of furan rings is 1. The molecule has 0 radical (unpaired) electrons. The molecule has 6 nitrogen and oxygen atoms in total. The maximum atomic E-state index is 12.6. The van der Waals surface area contributed by atoms with Crippen LogP contribution in [0.2, 0.25) is 0 Å². The van der Waals surface area contributed by atoms with E-state index >= 15 is 0 Å². The third-order valence-corrected chi connectivity index (χ3v) is 4.18. The van der Waals surface area contributed by atoms with Gasteiger partial charge in [0.1, 0.15) is 11.8 Å². The summed E-state index contributed by atoms with van der Waals surface area (Å²) < 4.78 is 10.5. The number of aryl methyl sites for hydroxylation is 1. The van der Waals surface area contributed by atoms with Gasteiger partial charge < -0.3 is 14.5 Å². The first-order valence-electron chi connectivity index (χ1n) is 8.38. The summed E-state index contributed by atoms with van der Waals surface area (Å²) in [7, 11) is 1.63. The molecule has 3 rings (SSSR count). The van der Waals surface area contributed by atoms with Crippen LogP contribution in [0.15, 0.2) is 52.2 Å². The molecule has 2 aromatic rings. The van der Waals surface area contributed by atoms with Crippen molar-refractivity contribution in [3.8, 4) is 0 Å². The molecule has 25 heavy (non-hydrogen) atoms. The van der Waals surface area contributed by atoms with Crippen molar-refractivity contribution < 1.29 is 13.9 Å². The normalized spacial score (nSPS) is 17.0. The summed E-state index contributed by atoms with van der Waals surface area (Å²) in [5.41, 5.74) is 3.12. The zero-order valence-corrected chi connectivity index (χ0v) is 14.6. The van der Waals surface area contributed by atoms with E-state index < -0.39 is 0 Å². The minimum atomic E-state index is -0.206. The first-order chi connectivity index (χ1) is 12.2. The summed E-state index contributed by atoms with van der Waals surface area (Å²) in [5, 5.41) is 9.20. The topological polar surface area (TPSA) is 67.1 Å². The molecular weight excluding hydrogens is 318 g/mol. The van der Waals surface area contributed by atoms with E-state index in [1.54, 1.807) is 13.4 Å². The molecule has 1 aliphatic heterocycles. The van der Waals surface area contributed by atoms with Gasteiger partial charge in [0, 0.05) is 20.1 Å². The monoisotopic (exact) mass is 341 g/mol. The van der Waals surface area contributed by atoms with Gasteiger partial charge in [-0.15, -0.1) is 0 Å². The zero-order chi connectivity index (χ0) is 17.6. The van der Waals surface area contributed by atoms with Gasteiger partial charge in [-0.2, -0.15) is 5.10 Å². The SMILES string of the molecule is COCCNCC(=O)N1N=C(c2ccc(C)cc2)CC1c1ccco1. The van der Waals surface area contributed by atoms with Crippen molar-refractivity contribution in [1.29, 1.82) is 0 Å². The Kier molecular flexibility index (Phi) is 5.63. The summed E-state index contributed by atoms with van der Waals surface area (Å²) in [6.45, 7) is 3.45. The number of amides is 1. The lowest BCUT2D eigenvalue weighted by Gasteiger charge is -2.20. The molecular formula is C19H23N3O3. The quantitative estimate of drug-likeness (QED) is 0.786. The molecule has 1 atom stereocenters. The van der Waals surface area contributed by atoms with Crippen LogP contribution in [0.3, 0.4) is 0 Å². The fraction of sp³-hybridized carbons (Fsp3) is 0.368. The largest absolute Gasteiger partial charge is 0.467 e. The molecule has 1 aromatic carbocycles. The Balaban J connectivity index is 1.77. The molecule has 0 saturated carbocycles. The van der Waals surface area contributed by atoms with Crippen molar-refractivity contribution in [1.82, 2.24) is 10.3 Å². The molecule has 0 spiro atoms. The lowest BCUT2D eigenvalue weighted by Crippen LogP contribution is -2.36. The number of ether oxygens (including phenoxy) is 1. The number of carbonyl (C=O) groups excluding carboxylic acids is 1. The standard InChI is InChI=1S/C19H23N3O3/c1-14-5-7-15(8-6-14)16-12-17(18-4-3-10-25-18)22(21-16)19(23)13-20-9-11-24-2/h3-8,10,17,20H,9,11-13H2,1-2H3. The minimum Gasteiger partial charge on any atom is -0.467 e. The average molecular weight is 341 g/mol. The molecule has 1 N–H and O–H groups in total. The van der Waals surface area contributed by atoms with Crippen LogP contribution in [-0.4, -0.2) is 43.4 Å². The summed E-state index contributed by atoms with van der Waals surface area (Å²) in [5.74, 6) is 0.663. The van der Waals surface area contributed by atoms with Gasteiger partial charge in [-0.1, -0.05) is 29.8 Å². The summed E-state index contributed by atoms with van der Waals surface area (Å²) in [4.78, 5) is 12.6. The van der Waals surface area contributed by atoms with E-state index in [9.17, 15) is 4.79 Å². The van der Waals surface area contributed by atoms with Gasteiger partial charge in [0.2, 0.25) is 0 Å². The van der Waals surface area contributed by atoms with Gasteiger partial charge in [0.25, 0.3) is 5.91 Å². The number of nitrogens with one attached hydrogen (secondary N) is 1. The molecule has 0 aliphatic carbocycles. The number of benzene rings is 1. The molecule has 1 amide bonds.